The van der Waals surface area contributed by atoms with Gasteiger partial charge in [0.2, 0.25) is 5.91 Å². The van der Waals surface area contributed by atoms with Crippen molar-refractivity contribution in [3.63, 3.8) is 0 Å². The summed E-state index contributed by atoms with van der Waals surface area (Å²) in [6.07, 6.45) is 2.86. The zero-order valence-electron chi connectivity index (χ0n) is 12.1. The van der Waals surface area contributed by atoms with Gasteiger partial charge < -0.3 is 10.2 Å². The number of rotatable bonds is 5. The summed E-state index contributed by atoms with van der Waals surface area (Å²) in [5.41, 5.74) is 0.0577. The molecule has 1 heterocycles. The zero-order valence-corrected chi connectivity index (χ0v) is 12.1. The fraction of sp³-hybridized carbons (Fsp3) is 0.533. The highest BCUT2D eigenvalue weighted by molar-refractivity contribution is 5.81. The maximum Gasteiger partial charge on any atom is 0.292 e. The first kappa shape index (κ1) is 14.7. The summed E-state index contributed by atoms with van der Waals surface area (Å²) in [5.74, 6) is 0.186. The lowest BCUT2D eigenvalue weighted by atomic mass is 10.1. The Morgan fingerprint density at radius 2 is 2.18 bits per heavy atom. The van der Waals surface area contributed by atoms with Crippen molar-refractivity contribution in [2.75, 3.05) is 25.0 Å². The molecule has 3 rings (SSSR count). The van der Waals surface area contributed by atoms with E-state index < -0.39 is 10.7 Å². The number of anilines is 1. The minimum atomic E-state index is -0.528. The standard InChI is InChI=1S/C15H18FN3O3/c16-12-3-4-14(19(21)22)13(7-12)17-8-10-5-6-18(9-10)15(20)11-1-2-11/h3-4,7,10-11,17H,1-2,5-6,8-9H2. The number of carbonyl (C=O) groups excluding carboxylic acids is 1. The van der Waals surface area contributed by atoms with Gasteiger partial charge in [0.05, 0.1) is 4.92 Å². The van der Waals surface area contributed by atoms with Gasteiger partial charge in [-0.05, 0) is 31.2 Å². The maximum atomic E-state index is 13.3. The van der Waals surface area contributed by atoms with Crippen LogP contribution in [0.5, 0.6) is 0 Å². The van der Waals surface area contributed by atoms with Crippen molar-refractivity contribution in [1.29, 1.82) is 0 Å². The molecule has 22 heavy (non-hydrogen) atoms. The monoisotopic (exact) mass is 307 g/mol. The van der Waals surface area contributed by atoms with Gasteiger partial charge >= 0.3 is 0 Å². The van der Waals surface area contributed by atoms with Crippen LogP contribution in [0.25, 0.3) is 0 Å². The molecular weight excluding hydrogens is 289 g/mol. The number of nitrogens with zero attached hydrogens (tertiary/aromatic N) is 2. The van der Waals surface area contributed by atoms with Crippen LogP contribution in [0.3, 0.4) is 0 Å². The van der Waals surface area contributed by atoms with Crippen molar-refractivity contribution in [3.05, 3.63) is 34.1 Å². The Morgan fingerprint density at radius 1 is 1.41 bits per heavy atom. The first-order valence-corrected chi connectivity index (χ1v) is 7.51. The Hall–Kier alpha value is -2.18. The van der Waals surface area contributed by atoms with Crippen LogP contribution < -0.4 is 5.32 Å². The zero-order chi connectivity index (χ0) is 15.7. The van der Waals surface area contributed by atoms with Crippen LogP contribution in [0.15, 0.2) is 18.2 Å². The molecule has 1 saturated carbocycles. The predicted octanol–water partition coefficient (Wildman–Crippen LogP) is 2.40. The number of hydrogen-bond acceptors (Lipinski definition) is 4. The summed E-state index contributed by atoms with van der Waals surface area (Å²) < 4.78 is 13.3. The molecule has 2 fully saturated rings. The predicted molar refractivity (Wildman–Crippen MR) is 79.0 cm³/mol. The van der Waals surface area contributed by atoms with Crippen LogP contribution in [0.2, 0.25) is 0 Å². The molecule has 1 saturated heterocycles. The molecule has 1 aliphatic heterocycles. The minimum Gasteiger partial charge on any atom is -0.379 e. The van der Waals surface area contributed by atoms with Crippen LogP contribution in [0, 0.1) is 27.8 Å². The van der Waals surface area contributed by atoms with Gasteiger partial charge in [-0.15, -0.1) is 0 Å². The Labute approximate surface area is 127 Å². The molecule has 1 aliphatic carbocycles. The van der Waals surface area contributed by atoms with Crippen LogP contribution in [-0.2, 0) is 4.79 Å². The highest BCUT2D eigenvalue weighted by atomic mass is 19.1. The number of amides is 1. The lowest BCUT2D eigenvalue weighted by molar-refractivity contribution is -0.384. The van der Waals surface area contributed by atoms with E-state index in [0.29, 0.717) is 13.1 Å². The highest BCUT2D eigenvalue weighted by Crippen LogP contribution is 2.33. The first-order valence-electron chi connectivity index (χ1n) is 7.51. The van der Waals surface area contributed by atoms with Gasteiger partial charge in [-0.3, -0.25) is 14.9 Å². The van der Waals surface area contributed by atoms with E-state index in [9.17, 15) is 19.3 Å². The number of nitro benzene ring substituents is 1. The van der Waals surface area contributed by atoms with E-state index in [2.05, 4.69) is 5.32 Å². The van der Waals surface area contributed by atoms with E-state index in [1.165, 1.54) is 0 Å². The molecule has 118 valence electrons. The van der Waals surface area contributed by atoms with Gasteiger partial charge in [0.25, 0.3) is 5.69 Å². The lowest BCUT2D eigenvalue weighted by Crippen LogP contribution is -2.30. The normalized spacial score (nSPS) is 21.0. The SMILES string of the molecule is O=C(C1CC1)N1CCC(CNc2cc(F)ccc2[N+](=O)[O-])C1. The molecule has 1 unspecified atom stereocenters. The van der Waals surface area contributed by atoms with Gasteiger partial charge in [-0.1, -0.05) is 0 Å². The summed E-state index contributed by atoms with van der Waals surface area (Å²) in [4.78, 5) is 24.3. The van der Waals surface area contributed by atoms with E-state index in [4.69, 9.17) is 0 Å². The third-order valence-electron chi connectivity index (χ3n) is 4.26. The van der Waals surface area contributed by atoms with Crippen molar-refractivity contribution in [1.82, 2.24) is 4.90 Å². The molecule has 1 aromatic rings. The fourth-order valence-corrected chi connectivity index (χ4v) is 2.85. The molecule has 1 N–H and O–H groups in total. The summed E-state index contributed by atoms with van der Waals surface area (Å²) in [6.45, 7) is 1.91. The third kappa shape index (κ3) is 3.18. The third-order valence-corrected chi connectivity index (χ3v) is 4.26. The van der Waals surface area contributed by atoms with Crippen molar-refractivity contribution >= 4 is 17.3 Å². The number of carbonyl (C=O) groups is 1. The van der Waals surface area contributed by atoms with E-state index in [1.807, 2.05) is 4.90 Å². The average molecular weight is 307 g/mol. The van der Waals surface area contributed by atoms with Crippen molar-refractivity contribution < 1.29 is 14.1 Å². The molecule has 1 amide bonds. The molecule has 0 spiro atoms. The van der Waals surface area contributed by atoms with Crippen molar-refractivity contribution in [3.8, 4) is 0 Å². The Kier molecular flexibility index (Phi) is 3.96. The second kappa shape index (κ2) is 5.90. The molecule has 6 nitrogen and oxygen atoms in total. The Morgan fingerprint density at radius 3 is 2.86 bits per heavy atom. The van der Waals surface area contributed by atoms with E-state index in [1.54, 1.807) is 0 Å². The molecule has 0 radical (unpaired) electrons. The summed E-state index contributed by atoms with van der Waals surface area (Å²) >= 11 is 0. The molecular formula is C15H18FN3O3. The largest absolute Gasteiger partial charge is 0.379 e. The molecule has 2 aliphatic rings. The summed E-state index contributed by atoms with van der Waals surface area (Å²) in [5, 5.41) is 13.9. The summed E-state index contributed by atoms with van der Waals surface area (Å²) in [7, 11) is 0. The molecule has 7 heteroatoms. The van der Waals surface area contributed by atoms with E-state index >= 15 is 0 Å². The second-order valence-electron chi connectivity index (χ2n) is 6.01. The van der Waals surface area contributed by atoms with Gasteiger partial charge in [0.1, 0.15) is 11.5 Å². The molecule has 0 aromatic heterocycles. The minimum absolute atomic E-state index is 0.134. The molecule has 1 atom stereocenters. The van der Waals surface area contributed by atoms with E-state index in [-0.39, 0.29) is 29.1 Å². The van der Waals surface area contributed by atoms with Crippen LogP contribution >= 0.6 is 0 Å². The number of hydrogen-bond donors (Lipinski definition) is 1. The number of nitro groups is 1. The smallest absolute Gasteiger partial charge is 0.292 e. The van der Waals surface area contributed by atoms with Gasteiger partial charge in [-0.25, -0.2) is 4.39 Å². The maximum absolute atomic E-state index is 13.3. The van der Waals surface area contributed by atoms with Crippen LogP contribution in [0.1, 0.15) is 19.3 Å². The van der Waals surface area contributed by atoms with Gasteiger partial charge in [0.15, 0.2) is 0 Å². The van der Waals surface area contributed by atoms with E-state index in [0.717, 1.165) is 44.0 Å². The van der Waals surface area contributed by atoms with Crippen molar-refractivity contribution in [2.45, 2.75) is 19.3 Å². The quantitative estimate of drug-likeness (QED) is 0.669. The topological polar surface area (TPSA) is 75.5 Å². The van der Waals surface area contributed by atoms with Gasteiger partial charge in [0, 0.05) is 37.7 Å². The van der Waals surface area contributed by atoms with Crippen LogP contribution in [-0.4, -0.2) is 35.4 Å². The molecule has 1 aromatic carbocycles. The number of nitrogens with one attached hydrogen (secondary N) is 1. The van der Waals surface area contributed by atoms with Gasteiger partial charge in [-0.2, -0.15) is 0 Å². The average Bonchev–Trinajstić information content (AvgIpc) is 3.22. The number of benzene rings is 1. The van der Waals surface area contributed by atoms with Crippen LogP contribution in [0.4, 0.5) is 15.8 Å². The Bertz CT molecular complexity index is 604. The lowest BCUT2D eigenvalue weighted by Gasteiger charge is -2.16. The number of likely N-dealkylation sites (tertiary alicyclic amines) is 1. The highest BCUT2D eigenvalue weighted by Gasteiger charge is 2.36. The number of halogens is 1. The second-order valence-corrected chi connectivity index (χ2v) is 6.01. The first-order chi connectivity index (χ1) is 10.5. The fourth-order valence-electron chi connectivity index (χ4n) is 2.85. The molecule has 0 bridgehead atoms. The Balaban J connectivity index is 1.58. The van der Waals surface area contributed by atoms with Crippen molar-refractivity contribution in [2.24, 2.45) is 11.8 Å². The summed E-state index contributed by atoms with van der Waals surface area (Å²) in [6, 6.07) is 3.38.